The zero-order chi connectivity index (χ0) is 16.0. The van der Waals surface area contributed by atoms with Crippen LogP contribution in [0.4, 0.5) is 5.69 Å². The Kier molecular flexibility index (Phi) is 6.02. The Balaban J connectivity index is 2.78. The van der Waals surface area contributed by atoms with Gasteiger partial charge in [0.25, 0.3) is 5.91 Å². The van der Waals surface area contributed by atoms with Crippen LogP contribution in [0, 0.1) is 0 Å². The summed E-state index contributed by atoms with van der Waals surface area (Å²) in [6, 6.07) is 4.29. The number of carboxylic acids is 1. The minimum atomic E-state index is -1.13. The first-order valence-corrected chi connectivity index (χ1v) is 6.95. The summed E-state index contributed by atoms with van der Waals surface area (Å²) in [5.41, 5.74) is 5.98. The van der Waals surface area contributed by atoms with Gasteiger partial charge < -0.3 is 20.9 Å². The van der Waals surface area contributed by atoms with Gasteiger partial charge in [-0.3, -0.25) is 4.79 Å². The van der Waals surface area contributed by atoms with Gasteiger partial charge in [-0.05, 0) is 32.4 Å². The third kappa shape index (κ3) is 4.98. The van der Waals surface area contributed by atoms with E-state index < -0.39 is 12.1 Å². The average molecular weight is 294 g/mol. The number of hydrogen-bond donors (Lipinski definition) is 3. The molecule has 21 heavy (non-hydrogen) atoms. The summed E-state index contributed by atoms with van der Waals surface area (Å²) < 4.78 is 5.46. The van der Waals surface area contributed by atoms with E-state index in [-0.39, 0.29) is 23.3 Å². The van der Waals surface area contributed by atoms with E-state index in [2.05, 4.69) is 5.32 Å². The van der Waals surface area contributed by atoms with Crippen LogP contribution in [0.1, 0.15) is 44.0 Å². The van der Waals surface area contributed by atoms with Gasteiger partial charge in [0.05, 0.1) is 0 Å². The van der Waals surface area contributed by atoms with Crippen LogP contribution >= 0.6 is 0 Å². The predicted molar refractivity (Wildman–Crippen MR) is 80.4 cm³/mol. The third-order valence-electron chi connectivity index (χ3n) is 3.02. The number of nitrogen functional groups attached to an aromatic ring is 1. The van der Waals surface area contributed by atoms with Crippen LogP contribution in [-0.4, -0.2) is 29.1 Å². The highest BCUT2D eigenvalue weighted by Crippen LogP contribution is 2.23. The van der Waals surface area contributed by atoms with E-state index in [0.717, 1.165) is 12.8 Å². The van der Waals surface area contributed by atoms with E-state index in [1.54, 1.807) is 6.92 Å². The lowest BCUT2D eigenvalue weighted by Gasteiger charge is -2.19. The number of benzene rings is 1. The largest absolute Gasteiger partial charge is 0.480 e. The van der Waals surface area contributed by atoms with E-state index in [0.29, 0.717) is 5.69 Å². The first-order chi connectivity index (χ1) is 9.85. The van der Waals surface area contributed by atoms with Crippen LogP contribution in [0.25, 0.3) is 0 Å². The van der Waals surface area contributed by atoms with Crippen LogP contribution < -0.4 is 15.8 Å². The molecule has 0 aliphatic carbocycles. The average Bonchev–Trinajstić information content (AvgIpc) is 2.38. The van der Waals surface area contributed by atoms with Gasteiger partial charge in [-0.1, -0.05) is 13.3 Å². The molecular formula is C15H22N2O4. The highest BCUT2D eigenvalue weighted by Gasteiger charge is 2.20. The van der Waals surface area contributed by atoms with Crippen molar-refractivity contribution < 1.29 is 19.4 Å². The Morgan fingerprint density at radius 1 is 1.38 bits per heavy atom. The fraction of sp³-hybridized carbons (Fsp3) is 0.467. The molecule has 0 aliphatic heterocycles. The number of nitrogens with one attached hydrogen (secondary N) is 1. The van der Waals surface area contributed by atoms with Crippen molar-refractivity contribution in [2.45, 2.75) is 45.8 Å². The van der Waals surface area contributed by atoms with Crippen LogP contribution in [0.5, 0.6) is 5.75 Å². The van der Waals surface area contributed by atoms with E-state index >= 15 is 0 Å². The lowest BCUT2D eigenvalue weighted by Crippen LogP contribution is -2.41. The molecule has 0 saturated heterocycles. The molecule has 4 N–H and O–H groups in total. The summed E-state index contributed by atoms with van der Waals surface area (Å²) in [5.74, 6) is -1.32. The van der Waals surface area contributed by atoms with Crippen molar-refractivity contribution in [3.8, 4) is 5.75 Å². The molecule has 2 atom stereocenters. The third-order valence-corrected chi connectivity index (χ3v) is 3.02. The number of ether oxygens (including phenoxy) is 1. The zero-order valence-corrected chi connectivity index (χ0v) is 12.6. The van der Waals surface area contributed by atoms with Crippen LogP contribution in [0.2, 0.25) is 0 Å². The molecule has 1 aromatic rings. The maximum Gasteiger partial charge on any atom is 0.339 e. The van der Waals surface area contributed by atoms with E-state index in [9.17, 15) is 9.59 Å². The molecule has 0 bridgehead atoms. The molecule has 0 saturated carbocycles. The first-order valence-electron chi connectivity index (χ1n) is 6.95. The van der Waals surface area contributed by atoms with Gasteiger partial charge in [0, 0.05) is 17.8 Å². The molecule has 1 aromatic carbocycles. The van der Waals surface area contributed by atoms with Crippen molar-refractivity contribution in [3.05, 3.63) is 23.8 Å². The Hall–Kier alpha value is -2.24. The number of anilines is 1. The molecule has 6 nitrogen and oxygen atoms in total. The molecule has 0 spiro atoms. The fourth-order valence-electron chi connectivity index (χ4n) is 1.92. The lowest BCUT2D eigenvalue weighted by atomic mass is 10.1. The number of hydrogen-bond acceptors (Lipinski definition) is 4. The number of carbonyl (C=O) groups is 2. The van der Waals surface area contributed by atoms with E-state index in [4.69, 9.17) is 15.6 Å². The van der Waals surface area contributed by atoms with Gasteiger partial charge >= 0.3 is 5.97 Å². The number of nitrogens with two attached hydrogens (primary N) is 1. The minimum Gasteiger partial charge on any atom is -0.480 e. The summed E-state index contributed by atoms with van der Waals surface area (Å²) in [5, 5.41) is 11.9. The summed E-state index contributed by atoms with van der Waals surface area (Å²) in [7, 11) is 0. The normalized spacial score (nSPS) is 13.3. The van der Waals surface area contributed by atoms with Gasteiger partial charge in [0.15, 0.2) is 6.10 Å². The summed E-state index contributed by atoms with van der Waals surface area (Å²) in [6.45, 7) is 5.52. The van der Waals surface area contributed by atoms with Gasteiger partial charge in [-0.25, -0.2) is 4.79 Å². The van der Waals surface area contributed by atoms with Crippen molar-refractivity contribution in [1.29, 1.82) is 0 Å². The Morgan fingerprint density at radius 2 is 2.05 bits per heavy atom. The highest BCUT2D eigenvalue weighted by molar-refractivity contribution is 5.91. The summed E-state index contributed by atoms with van der Waals surface area (Å²) in [4.78, 5) is 23.1. The van der Waals surface area contributed by atoms with Crippen molar-refractivity contribution >= 4 is 17.6 Å². The molecule has 1 amide bonds. The molecule has 0 radical (unpaired) electrons. The number of rotatable bonds is 7. The second-order valence-electron chi connectivity index (χ2n) is 5.02. The van der Waals surface area contributed by atoms with E-state index in [1.807, 2.05) is 13.8 Å². The SMILES string of the molecule is CCCC(C)NC(=O)C(C)Oc1cc(N)ccc1C(=O)O. The molecule has 1 rings (SSSR count). The smallest absolute Gasteiger partial charge is 0.339 e. The van der Waals surface area contributed by atoms with Gasteiger partial charge in [-0.2, -0.15) is 0 Å². The van der Waals surface area contributed by atoms with Crippen LogP contribution in [-0.2, 0) is 4.79 Å². The Labute approximate surface area is 124 Å². The molecule has 6 heteroatoms. The molecule has 116 valence electrons. The molecule has 0 aromatic heterocycles. The molecule has 0 aliphatic rings. The summed E-state index contributed by atoms with van der Waals surface area (Å²) >= 11 is 0. The summed E-state index contributed by atoms with van der Waals surface area (Å²) in [6.07, 6.45) is 1.04. The van der Waals surface area contributed by atoms with Gasteiger partial charge in [-0.15, -0.1) is 0 Å². The van der Waals surface area contributed by atoms with Crippen LogP contribution in [0.15, 0.2) is 18.2 Å². The number of amides is 1. The Morgan fingerprint density at radius 3 is 2.62 bits per heavy atom. The van der Waals surface area contributed by atoms with Crippen molar-refractivity contribution in [3.63, 3.8) is 0 Å². The number of carbonyl (C=O) groups excluding carboxylic acids is 1. The topological polar surface area (TPSA) is 102 Å². The standard InChI is InChI=1S/C15H22N2O4/c1-4-5-9(2)17-14(18)10(3)21-13-8-11(16)6-7-12(13)15(19)20/h6-10H,4-5,16H2,1-3H3,(H,17,18)(H,19,20). The zero-order valence-electron chi connectivity index (χ0n) is 12.6. The fourth-order valence-corrected chi connectivity index (χ4v) is 1.92. The molecule has 2 unspecified atom stereocenters. The molecule has 0 heterocycles. The second-order valence-corrected chi connectivity index (χ2v) is 5.02. The van der Waals surface area contributed by atoms with Crippen molar-refractivity contribution in [2.24, 2.45) is 0 Å². The van der Waals surface area contributed by atoms with Crippen LogP contribution in [0.3, 0.4) is 0 Å². The molecule has 0 fully saturated rings. The van der Waals surface area contributed by atoms with Crippen molar-refractivity contribution in [2.75, 3.05) is 5.73 Å². The Bertz CT molecular complexity index is 516. The number of aromatic carboxylic acids is 1. The van der Waals surface area contributed by atoms with Crippen molar-refractivity contribution in [1.82, 2.24) is 5.32 Å². The number of carboxylic acid groups (broad SMARTS) is 1. The lowest BCUT2D eigenvalue weighted by molar-refractivity contribution is -0.127. The predicted octanol–water partition coefficient (Wildman–Crippen LogP) is 2.04. The maximum atomic E-state index is 12.0. The monoisotopic (exact) mass is 294 g/mol. The van der Waals surface area contributed by atoms with Gasteiger partial charge in [0.1, 0.15) is 11.3 Å². The second kappa shape index (κ2) is 7.52. The quantitative estimate of drug-likeness (QED) is 0.668. The first kappa shape index (κ1) is 16.8. The highest BCUT2D eigenvalue weighted by atomic mass is 16.5. The minimum absolute atomic E-state index is 0.0227. The molecular weight excluding hydrogens is 272 g/mol. The maximum absolute atomic E-state index is 12.0. The van der Waals surface area contributed by atoms with Gasteiger partial charge in [0.2, 0.25) is 0 Å². The van der Waals surface area contributed by atoms with E-state index in [1.165, 1.54) is 18.2 Å².